The Kier molecular flexibility index (Phi) is 5.48. The zero-order valence-corrected chi connectivity index (χ0v) is 13.5. The number of carbonyl (C=O) groups is 2. The van der Waals surface area contributed by atoms with Crippen molar-refractivity contribution in [2.45, 2.75) is 6.54 Å². The molecule has 0 atom stereocenters. The zero-order valence-electron chi connectivity index (χ0n) is 13.5. The summed E-state index contributed by atoms with van der Waals surface area (Å²) < 4.78 is 1.58. The minimum absolute atomic E-state index is 0.0773. The van der Waals surface area contributed by atoms with Gasteiger partial charge in [-0.15, -0.1) is 0 Å². The largest absolute Gasteiger partial charge is 0.348 e. The van der Waals surface area contributed by atoms with E-state index in [0.29, 0.717) is 24.3 Å². The Bertz CT molecular complexity index is 693. The molecule has 0 spiro atoms. The Hall–Kier alpha value is -2.67. The molecule has 2 rings (SSSR count). The van der Waals surface area contributed by atoms with Crippen molar-refractivity contribution >= 4 is 17.5 Å². The minimum atomic E-state index is -0.180. The first kappa shape index (κ1) is 16.7. The van der Waals surface area contributed by atoms with E-state index >= 15 is 0 Å². The summed E-state index contributed by atoms with van der Waals surface area (Å²) in [6.07, 6.45) is 3.18. The molecule has 0 bridgehead atoms. The van der Waals surface area contributed by atoms with E-state index in [9.17, 15) is 9.59 Å². The number of nitrogens with zero attached hydrogens (tertiary/aromatic N) is 3. The molecule has 0 unspecified atom stereocenters. The standard InChI is InChI=1S/C16H21N5O2/c1-20(2)11-15(22)19-14-6-4-5-12(7-14)8-17-16(23)13-9-18-21(3)10-13/h4-7,9-10H,8,11H2,1-3H3,(H,17,23)(H,19,22). The quantitative estimate of drug-likeness (QED) is 0.828. The van der Waals surface area contributed by atoms with Gasteiger partial charge in [-0.25, -0.2) is 0 Å². The maximum absolute atomic E-state index is 12.0. The van der Waals surface area contributed by atoms with Crippen molar-refractivity contribution in [2.75, 3.05) is 26.0 Å². The van der Waals surface area contributed by atoms with Crippen molar-refractivity contribution in [1.82, 2.24) is 20.0 Å². The molecule has 0 saturated carbocycles. The van der Waals surface area contributed by atoms with Crippen LogP contribution in [0.3, 0.4) is 0 Å². The number of anilines is 1. The van der Waals surface area contributed by atoms with Crippen LogP contribution in [0.4, 0.5) is 5.69 Å². The first-order chi connectivity index (χ1) is 10.9. The van der Waals surface area contributed by atoms with Crippen LogP contribution in [0.15, 0.2) is 36.7 Å². The van der Waals surface area contributed by atoms with Crippen molar-refractivity contribution in [3.05, 3.63) is 47.8 Å². The van der Waals surface area contributed by atoms with E-state index in [1.807, 2.05) is 38.4 Å². The Morgan fingerprint density at radius 3 is 2.74 bits per heavy atom. The van der Waals surface area contributed by atoms with E-state index in [1.54, 1.807) is 22.8 Å². The lowest BCUT2D eigenvalue weighted by atomic mass is 10.2. The van der Waals surface area contributed by atoms with E-state index in [4.69, 9.17) is 0 Å². The second kappa shape index (κ2) is 7.55. The summed E-state index contributed by atoms with van der Waals surface area (Å²) in [7, 11) is 5.44. The molecule has 1 heterocycles. The molecule has 0 saturated heterocycles. The molecule has 0 aliphatic carbocycles. The lowest BCUT2D eigenvalue weighted by molar-refractivity contribution is -0.116. The Morgan fingerprint density at radius 1 is 1.30 bits per heavy atom. The van der Waals surface area contributed by atoms with Gasteiger partial charge in [0, 0.05) is 25.5 Å². The summed E-state index contributed by atoms with van der Waals surface area (Å²) in [5, 5.41) is 9.63. The van der Waals surface area contributed by atoms with Gasteiger partial charge >= 0.3 is 0 Å². The number of amides is 2. The zero-order chi connectivity index (χ0) is 16.8. The van der Waals surface area contributed by atoms with Gasteiger partial charge in [0.1, 0.15) is 0 Å². The van der Waals surface area contributed by atoms with Crippen LogP contribution >= 0.6 is 0 Å². The average Bonchev–Trinajstić information content (AvgIpc) is 2.91. The number of likely N-dealkylation sites (N-methyl/N-ethyl adjacent to an activating group) is 1. The second-order valence-corrected chi connectivity index (χ2v) is 5.57. The molecule has 0 aliphatic rings. The van der Waals surface area contributed by atoms with Gasteiger partial charge in [-0.1, -0.05) is 12.1 Å². The van der Waals surface area contributed by atoms with Gasteiger partial charge in [-0.05, 0) is 31.8 Å². The number of carbonyl (C=O) groups excluding carboxylic acids is 2. The van der Waals surface area contributed by atoms with Gasteiger partial charge in [-0.3, -0.25) is 14.3 Å². The molecule has 0 aliphatic heterocycles. The fraction of sp³-hybridized carbons (Fsp3) is 0.312. The maximum atomic E-state index is 12.0. The fourth-order valence-electron chi connectivity index (χ4n) is 2.07. The first-order valence-corrected chi connectivity index (χ1v) is 7.24. The molecule has 0 fully saturated rings. The van der Waals surface area contributed by atoms with Crippen LogP contribution in [0, 0.1) is 0 Å². The molecule has 7 nitrogen and oxygen atoms in total. The number of hydrogen-bond donors (Lipinski definition) is 2. The van der Waals surface area contributed by atoms with E-state index in [0.717, 1.165) is 5.56 Å². The van der Waals surface area contributed by atoms with E-state index in [2.05, 4.69) is 15.7 Å². The molecule has 122 valence electrons. The predicted octanol–water partition coefficient (Wildman–Crippen LogP) is 0.850. The normalized spacial score (nSPS) is 10.6. The molecule has 2 amide bonds. The van der Waals surface area contributed by atoms with Crippen LogP contribution in [0.25, 0.3) is 0 Å². The minimum Gasteiger partial charge on any atom is -0.348 e. The van der Waals surface area contributed by atoms with Crippen LogP contribution in [-0.4, -0.2) is 47.1 Å². The lowest BCUT2D eigenvalue weighted by Gasteiger charge is -2.11. The highest BCUT2D eigenvalue weighted by Crippen LogP contribution is 2.11. The molecule has 1 aromatic carbocycles. The summed E-state index contributed by atoms with van der Waals surface area (Å²) in [6.45, 7) is 0.701. The molecule has 2 aromatic rings. The smallest absolute Gasteiger partial charge is 0.254 e. The van der Waals surface area contributed by atoms with E-state index in [1.165, 1.54) is 6.20 Å². The Labute approximate surface area is 135 Å². The Morgan fingerprint density at radius 2 is 2.09 bits per heavy atom. The fourth-order valence-corrected chi connectivity index (χ4v) is 2.07. The van der Waals surface area contributed by atoms with Crippen LogP contribution in [0.2, 0.25) is 0 Å². The molecular weight excluding hydrogens is 294 g/mol. The van der Waals surface area contributed by atoms with E-state index in [-0.39, 0.29) is 11.8 Å². The van der Waals surface area contributed by atoms with Crippen LogP contribution in [0.1, 0.15) is 15.9 Å². The lowest BCUT2D eigenvalue weighted by Crippen LogP contribution is -2.27. The predicted molar refractivity (Wildman–Crippen MR) is 88.0 cm³/mol. The van der Waals surface area contributed by atoms with Crippen molar-refractivity contribution in [2.24, 2.45) is 7.05 Å². The van der Waals surface area contributed by atoms with Gasteiger partial charge in [0.15, 0.2) is 0 Å². The topological polar surface area (TPSA) is 79.3 Å². The Balaban J connectivity index is 1.92. The molecule has 2 N–H and O–H groups in total. The van der Waals surface area contributed by atoms with E-state index < -0.39 is 0 Å². The van der Waals surface area contributed by atoms with Gasteiger partial charge in [0.05, 0.1) is 18.3 Å². The number of benzene rings is 1. The SMILES string of the molecule is CN(C)CC(=O)Nc1cccc(CNC(=O)c2cnn(C)c2)c1. The van der Waals surface area contributed by atoms with Gasteiger partial charge in [0.2, 0.25) is 5.91 Å². The summed E-state index contributed by atoms with van der Waals surface area (Å²) in [6, 6.07) is 7.40. The highest BCUT2D eigenvalue weighted by atomic mass is 16.2. The van der Waals surface area contributed by atoms with Crippen molar-refractivity contribution < 1.29 is 9.59 Å². The first-order valence-electron chi connectivity index (χ1n) is 7.24. The number of nitrogens with one attached hydrogen (secondary N) is 2. The van der Waals surface area contributed by atoms with Gasteiger partial charge in [0.25, 0.3) is 5.91 Å². The molecule has 7 heteroatoms. The number of hydrogen-bond acceptors (Lipinski definition) is 4. The third-order valence-corrected chi connectivity index (χ3v) is 3.09. The second-order valence-electron chi connectivity index (χ2n) is 5.57. The van der Waals surface area contributed by atoms with Crippen molar-refractivity contribution in [3.63, 3.8) is 0 Å². The molecule has 1 aromatic heterocycles. The number of rotatable bonds is 6. The highest BCUT2D eigenvalue weighted by Gasteiger charge is 2.08. The number of aromatic nitrogens is 2. The van der Waals surface area contributed by atoms with Crippen LogP contribution in [-0.2, 0) is 18.4 Å². The van der Waals surface area contributed by atoms with Crippen molar-refractivity contribution in [3.8, 4) is 0 Å². The summed E-state index contributed by atoms with van der Waals surface area (Å²) in [5.74, 6) is -0.258. The summed E-state index contributed by atoms with van der Waals surface area (Å²) >= 11 is 0. The summed E-state index contributed by atoms with van der Waals surface area (Å²) in [5.41, 5.74) is 2.14. The monoisotopic (exact) mass is 315 g/mol. The van der Waals surface area contributed by atoms with Crippen LogP contribution in [0.5, 0.6) is 0 Å². The van der Waals surface area contributed by atoms with Gasteiger partial charge < -0.3 is 15.5 Å². The third-order valence-electron chi connectivity index (χ3n) is 3.09. The third kappa shape index (κ3) is 5.23. The summed E-state index contributed by atoms with van der Waals surface area (Å²) in [4.78, 5) is 25.5. The molecular formula is C16H21N5O2. The number of aryl methyl sites for hydroxylation is 1. The van der Waals surface area contributed by atoms with Gasteiger partial charge in [-0.2, -0.15) is 5.10 Å². The average molecular weight is 315 g/mol. The highest BCUT2D eigenvalue weighted by molar-refractivity contribution is 5.94. The van der Waals surface area contributed by atoms with Crippen LogP contribution < -0.4 is 10.6 Å². The van der Waals surface area contributed by atoms with Crippen molar-refractivity contribution in [1.29, 1.82) is 0 Å². The maximum Gasteiger partial charge on any atom is 0.254 e. The molecule has 0 radical (unpaired) electrons. The molecule has 23 heavy (non-hydrogen) atoms.